The summed E-state index contributed by atoms with van der Waals surface area (Å²) in [6, 6.07) is 10.2. The maximum absolute atomic E-state index is 6.49. The van der Waals surface area contributed by atoms with Crippen molar-refractivity contribution in [2.24, 2.45) is 0 Å². The van der Waals surface area contributed by atoms with Gasteiger partial charge in [0.25, 0.3) is 0 Å². The minimum Gasteiger partial charge on any atom is -0.403 e. The maximum Gasteiger partial charge on any atom is 0.193 e. The molecule has 0 aromatic heterocycles. The predicted octanol–water partition coefficient (Wildman–Crippen LogP) is 5.64. The van der Waals surface area contributed by atoms with Gasteiger partial charge in [0.2, 0.25) is 0 Å². The Morgan fingerprint density at radius 1 is 1.19 bits per heavy atom. The van der Waals surface area contributed by atoms with E-state index in [1.54, 1.807) is 0 Å². The molecule has 3 heteroatoms. The Morgan fingerprint density at radius 2 is 1.81 bits per heavy atom. The zero-order valence-electron chi connectivity index (χ0n) is 13.9. The SMILES string of the molecule is CC(C)(C)[Si](C)(C)OC(C#Cc1ccccc1)CCCI. The van der Waals surface area contributed by atoms with Gasteiger partial charge in [-0.1, -0.05) is 73.4 Å². The van der Waals surface area contributed by atoms with Crippen LogP contribution < -0.4 is 0 Å². The van der Waals surface area contributed by atoms with Crippen LogP contribution in [0.3, 0.4) is 0 Å². The van der Waals surface area contributed by atoms with E-state index in [0.717, 1.165) is 22.8 Å². The lowest BCUT2D eigenvalue weighted by Crippen LogP contribution is -2.43. The van der Waals surface area contributed by atoms with Gasteiger partial charge in [0.15, 0.2) is 8.32 Å². The van der Waals surface area contributed by atoms with Crippen LogP contribution >= 0.6 is 22.6 Å². The molecule has 1 rings (SSSR count). The third-order valence-electron chi connectivity index (χ3n) is 3.99. The lowest BCUT2D eigenvalue weighted by atomic mass is 10.2. The second-order valence-electron chi connectivity index (χ2n) is 6.83. The number of hydrogen-bond donors (Lipinski definition) is 0. The second-order valence-corrected chi connectivity index (χ2v) is 12.7. The Hall–Kier alpha value is -0.313. The molecular formula is C18H27IOSi. The van der Waals surface area contributed by atoms with Crippen molar-refractivity contribution < 1.29 is 4.43 Å². The quantitative estimate of drug-likeness (QED) is 0.262. The Morgan fingerprint density at radius 3 is 2.33 bits per heavy atom. The van der Waals surface area contributed by atoms with Crippen LogP contribution in [-0.2, 0) is 4.43 Å². The monoisotopic (exact) mass is 414 g/mol. The fourth-order valence-electron chi connectivity index (χ4n) is 1.64. The lowest BCUT2D eigenvalue weighted by Gasteiger charge is -2.38. The van der Waals surface area contributed by atoms with Gasteiger partial charge in [-0.3, -0.25) is 0 Å². The van der Waals surface area contributed by atoms with E-state index >= 15 is 0 Å². The smallest absolute Gasteiger partial charge is 0.193 e. The topological polar surface area (TPSA) is 9.23 Å². The Balaban J connectivity index is 2.84. The summed E-state index contributed by atoms with van der Waals surface area (Å²) in [5, 5.41) is 0.226. The first kappa shape index (κ1) is 18.7. The van der Waals surface area contributed by atoms with Gasteiger partial charge in [-0.05, 0) is 47.5 Å². The summed E-state index contributed by atoms with van der Waals surface area (Å²) in [7, 11) is -1.76. The number of benzene rings is 1. The van der Waals surface area contributed by atoms with Crippen molar-refractivity contribution in [2.45, 2.75) is 57.8 Å². The molecule has 0 saturated carbocycles. The minimum atomic E-state index is -1.76. The van der Waals surface area contributed by atoms with Crippen molar-refractivity contribution >= 4 is 30.9 Å². The normalized spacial score (nSPS) is 13.4. The van der Waals surface area contributed by atoms with Gasteiger partial charge in [0, 0.05) is 5.56 Å². The third kappa shape index (κ3) is 6.54. The lowest BCUT2D eigenvalue weighted by molar-refractivity contribution is 0.223. The third-order valence-corrected chi connectivity index (χ3v) is 9.24. The van der Waals surface area contributed by atoms with E-state index in [1.807, 2.05) is 18.2 Å². The standard InChI is InChI=1S/C18H27IOSi/c1-18(2,3)21(4,5)20-17(12-9-15-19)14-13-16-10-7-6-8-11-16/h6-8,10-11,17H,9,12,15H2,1-5H3. The number of alkyl halides is 1. The first-order chi connectivity index (χ1) is 9.76. The molecule has 0 bridgehead atoms. The second kappa shape index (κ2) is 8.35. The molecule has 0 aliphatic heterocycles. The molecule has 0 fully saturated rings. The van der Waals surface area contributed by atoms with Crippen LogP contribution in [0.2, 0.25) is 18.1 Å². The van der Waals surface area contributed by atoms with Gasteiger partial charge in [-0.15, -0.1) is 0 Å². The van der Waals surface area contributed by atoms with Crippen molar-refractivity contribution in [1.82, 2.24) is 0 Å². The first-order valence-electron chi connectivity index (χ1n) is 7.56. The largest absolute Gasteiger partial charge is 0.403 e. The van der Waals surface area contributed by atoms with E-state index in [9.17, 15) is 0 Å². The molecule has 1 unspecified atom stereocenters. The van der Waals surface area contributed by atoms with Gasteiger partial charge >= 0.3 is 0 Å². The average Bonchev–Trinajstić information content (AvgIpc) is 2.41. The zero-order valence-corrected chi connectivity index (χ0v) is 17.0. The van der Waals surface area contributed by atoms with Crippen LogP contribution in [0.5, 0.6) is 0 Å². The molecule has 0 amide bonds. The molecule has 0 saturated heterocycles. The predicted molar refractivity (Wildman–Crippen MR) is 104 cm³/mol. The van der Waals surface area contributed by atoms with Crippen LogP contribution in [0.25, 0.3) is 0 Å². The van der Waals surface area contributed by atoms with E-state index in [1.165, 1.54) is 0 Å². The van der Waals surface area contributed by atoms with E-state index in [4.69, 9.17) is 4.43 Å². The van der Waals surface area contributed by atoms with Gasteiger partial charge in [0.05, 0.1) is 0 Å². The molecule has 0 radical (unpaired) electrons. The molecule has 0 N–H and O–H groups in total. The first-order valence-corrected chi connectivity index (χ1v) is 12.0. The van der Waals surface area contributed by atoms with Crippen LogP contribution in [0.4, 0.5) is 0 Å². The summed E-state index contributed by atoms with van der Waals surface area (Å²) in [5.41, 5.74) is 1.07. The molecule has 116 valence electrons. The van der Waals surface area contributed by atoms with Crippen molar-refractivity contribution in [3.63, 3.8) is 0 Å². The molecule has 0 aliphatic rings. The minimum absolute atomic E-state index is 0.0564. The van der Waals surface area contributed by atoms with Crippen molar-refractivity contribution in [3.05, 3.63) is 35.9 Å². The molecule has 0 spiro atoms. The molecule has 21 heavy (non-hydrogen) atoms. The van der Waals surface area contributed by atoms with Gasteiger partial charge in [-0.25, -0.2) is 0 Å². The fourth-order valence-corrected chi connectivity index (χ4v) is 3.32. The number of halogens is 1. The molecule has 1 atom stereocenters. The fraction of sp³-hybridized carbons (Fsp3) is 0.556. The van der Waals surface area contributed by atoms with E-state index < -0.39 is 8.32 Å². The molecular weight excluding hydrogens is 387 g/mol. The van der Waals surface area contributed by atoms with Crippen molar-refractivity contribution in [1.29, 1.82) is 0 Å². The average molecular weight is 414 g/mol. The van der Waals surface area contributed by atoms with E-state index in [-0.39, 0.29) is 11.1 Å². The Kier molecular flexibility index (Phi) is 7.45. The maximum atomic E-state index is 6.49. The Labute approximate surface area is 145 Å². The Bertz CT molecular complexity index is 479. The molecule has 0 aliphatic carbocycles. The zero-order chi connectivity index (χ0) is 15.9. The molecule has 0 heterocycles. The summed E-state index contributed by atoms with van der Waals surface area (Å²) < 4.78 is 7.64. The summed E-state index contributed by atoms with van der Waals surface area (Å²) >= 11 is 2.42. The van der Waals surface area contributed by atoms with Crippen molar-refractivity contribution in [3.8, 4) is 11.8 Å². The molecule has 1 nitrogen and oxygen atoms in total. The highest BCUT2D eigenvalue weighted by atomic mass is 127. The van der Waals surface area contributed by atoms with Gasteiger partial charge in [-0.2, -0.15) is 0 Å². The molecule has 1 aromatic rings. The van der Waals surface area contributed by atoms with Crippen LogP contribution in [0.1, 0.15) is 39.2 Å². The highest BCUT2D eigenvalue weighted by molar-refractivity contribution is 14.1. The van der Waals surface area contributed by atoms with Crippen LogP contribution in [0.15, 0.2) is 30.3 Å². The van der Waals surface area contributed by atoms with Crippen molar-refractivity contribution in [2.75, 3.05) is 4.43 Å². The van der Waals surface area contributed by atoms with Crippen LogP contribution in [0, 0.1) is 11.8 Å². The highest BCUT2D eigenvalue weighted by Gasteiger charge is 2.38. The summed E-state index contributed by atoms with van der Waals surface area (Å²) in [6.07, 6.45) is 2.24. The van der Waals surface area contributed by atoms with Gasteiger partial charge < -0.3 is 4.43 Å². The number of rotatable bonds is 5. The van der Waals surface area contributed by atoms with Crippen LogP contribution in [-0.4, -0.2) is 18.8 Å². The number of hydrogen-bond acceptors (Lipinski definition) is 1. The summed E-state index contributed by atoms with van der Waals surface area (Å²) in [5.74, 6) is 6.63. The van der Waals surface area contributed by atoms with Gasteiger partial charge in [0.1, 0.15) is 6.10 Å². The van der Waals surface area contributed by atoms with E-state index in [0.29, 0.717) is 0 Å². The summed E-state index contributed by atoms with van der Waals surface area (Å²) in [6.45, 7) is 11.4. The molecule has 1 aromatic carbocycles. The highest BCUT2D eigenvalue weighted by Crippen LogP contribution is 2.37. The summed E-state index contributed by atoms with van der Waals surface area (Å²) in [4.78, 5) is 0. The van der Waals surface area contributed by atoms with E-state index in [2.05, 4.69) is 80.4 Å².